The van der Waals surface area contributed by atoms with E-state index in [9.17, 15) is 9.18 Å². The van der Waals surface area contributed by atoms with Crippen molar-refractivity contribution in [2.45, 2.75) is 26.2 Å². The van der Waals surface area contributed by atoms with Crippen LogP contribution in [0.3, 0.4) is 0 Å². The third-order valence-electron chi connectivity index (χ3n) is 4.79. The third-order valence-corrected chi connectivity index (χ3v) is 5.89. The predicted molar refractivity (Wildman–Crippen MR) is 112 cm³/mol. The Bertz CT molecular complexity index is 994. The average molecular weight is 395 g/mol. The van der Waals surface area contributed by atoms with Crippen LogP contribution < -0.4 is 10.1 Å². The molecule has 0 saturated heterocycles. The van der Waals surface area contributed by atoms with Crippen molar-refractivity contribution < 1.29 is 13.9 Å². The molecule has 144 valence electrons. The van der Waals surface area contributed by atoms with Gasteiger partial charge in [0.25, 0.3) is 0 Å². The average Bonchev–Trinajstić information content (AvgIpc) is 3.10. The second kappa shape index (κ2) is 7.76. The molecule has 5 heteroatoms. The van der Waals surface area contributed by atoms with Crippen molar-refractivity contribution in [3.63, 3.8) is 0 Å². The second-order valence-electron chi connectivity index (χ2n) is 7.48. The first-order chi connectivity index (χ1) is 13.5. The van der Waals surface area contributed by atoms with Gasteiger partial charge in [0.15, 0.2) is 0 Å². The van der Waals surface area contributed by atoms with E-state index in [1.807, 2.05) is 35.7 Å². The minimum absolute atomic E-state index is 0.00444. The molecule has 0 spiro atoms. The SMILES string of the molecule is CC(C)COc1ccc([C@H]2CC(=O)Nc3c(-c4cccc(F)c4)csc32)cc1. The van der Waals surface area contributed by atoms with Crippen molar-refractivity contribution in [2.75, 3.05) is 11.9 Å². The number of carbonyl (C=O) groups excluding carboxylic acids is 1. The van der Waals surface area contributed by atoms with Crippen LogP contribution in [0.5, 0.6) is 5.75 Å². The zero-order valence-corrected chi connectivity index (χ0v) is 16.7. The Morgan fingerprint density at radius 2 is 2.00 bits per heavy atom. The van der Waals surface area contributed by atoms with E-state index < -0.39 is 0 Å². The minimum atomic E-state index is -0.284. The van der Waals surface area contributed by atoms with Crippen molar-refractivity contribution >= 4 is 22.9 Å². The summed E-state index contributed by atoms with van der Waals surface area (Å²) in [5.74, 6) is 0.998. The van der Waals surface area contributed by atoms with E-state index in [-0.39, 0.29) is 17.6 Å². The molecule has 0 aliphatic carbocycles. The van der Waals surface area contributed by atoms with Crippen LogP contribution >= 0.6 is 11.3 Å². The largest absolute Gasteiger partial charge is 0.493 e. The normalized spacial score (nSPS) is 16.0. The fraction of sp³-hybridized carbons (Fsp3) is 0.261. The summed E-state index contributed by atoms with van der Waals surface area (Å²) in [5.41, 5.74) is 3.53. The zero-order chi connectivity index (χ0) is 19.7. The van der Waals surface area contributed by atoms with Crippen molar-refractivity contribution in [1.29, 1.82) is 0 Å². The Balaban J connectivity index is 1.65. The van der Waals surface area contributed by atoms with E-state index in [1.165, 1.54) is 12.1 Å². The lowest BCUT2D eigenvalue weighted by molar-refractivity contribution is -0.116. The van der Waals surface area contributed by atoms with Crippen LogP contribution in [0.25, 0.3) is 11.1 Å². The zero-order valence-electron chi connectivity index (χ0n) is 15.9. The van der Waals surface area contributed by atoms with Gasteiger partial charge in [-0.05, 0) is 41.3 Å². The van der Waals surface area contributed by atoms with Gasteiger partial charge in [-0.3, -0.25) is 4.79 Å². The Morgan fingerprint density at radius 3 is 2.71 bits per heavy atom. The van der Waals surface area contributed by atoms with Crippen LogP contribution in [0, 0.1) is 11.7 Å². The van der Waals surface area contributed by atoms with E-state index in [2.05, 4.69) is 19.2 Å². The molecule has 0 bridgehead atoms. The van der Waals surface area contributed by atoms with Crippen LogP contribution in [0.2, 0.25) is 0 Å². The first kappa shape index (κ1) is 18.7. The van der Waals surface area contributed by atoms with E-state index in [0.717, 1.165) is 33.0 Å². The second-order valence-corrected chi connectivity index (χ2v) is 8.39. The molecule has 1 amide bonds. The minimum Gasteiger partial charge on any atom is -0.493 e. The van der Waals surface area contributed by atoms with Crippen LogP contribution in [0.1, 0.15) is 36.6 Å². The molecule has 0 fully saturated rings. The van der Waals surface area contributed by atoms with Crippen molar-refractivity contribution in [3.8, 4) is 16.9 Å². The van der Waals surface area contributed by atoms with Crippen molar-refractivity contribution in [2.24, 2.45) is 5.92 Å². The van der Waals surface area contributed by atoms with E-state index in [4.69, 9.17) is 4.74 Å². The maximum absolute atomic E-state index is 13.7. The molecule has 1 aliphatic heterocycles. The van der Waals surface area contributed by atoms with Gasteiger partial charge in [-0.1, -0.05) is 38.1 Å². The Hall–Kier alpha value is -2.66. The number of fused-ring (bicyclic) bond motifs is 1. The molecule has 2 heterocycles. The molecule has 1 aromatic heterocycles. The Labute approximate surface area is 168 Å². The van der Waals surface area contributed by atoms with Gasteiger partial charge in [0.2, 0.25) is 5.91 Å². The topological polar surface area (TPSA) is 38.3 Å². The molecular formula is C23H22FNO2S. The van der Waals surface area contributed by atoms with E-state index in [0.29, 0.717) is 18.9 Å². The van der Waals surface area contributed by atoms with Crippen LogP contribution in [-0.4, -0.2) is 12.5 Å². The number of rotatable bonds is 5. The lowest BCUT2D eigenvalue weighted by Gasteiger charge is -2.24. The third kappa shape index (κ3) is 3.80. The first-order valence-corrected chi connectivity index (χ1v) is 10.3. The standard InChI is InChI=1S/C23H22FNO2S/c1-14(2)12-27-18-8-6-15(7-9-18)19-11-21(26)25-22-20(13-28-23(19)22)16-4-3-5-17(24)10-16/h3-10,13-14,19H,11-12H2,1-2H3,(H,25,26)/t19-/m1/s1. The van der Waals surface area contributed by atoms with Crippen molar-refractivity contribution in [1.82, 2.24) is 0 Å². The summed E-state index contributed by atoms with van der Waals surface area (Å²) >= 11 is 1.61. The number of benzene rings is 2. The Kier molecular flexibility index (Phi) is 5.18. The summed E-state index contributed by atoms with van der Waals surface area (Å²) in [7, 11) is 0. The molecule has 1 atom stereocenters. The number of ether oxygens (including phenoxy) is 1. The summed E-state index contributed by atoms with van der Waals surface area (Å²) in [6, 6.07) is 14.5. The highest BCUT2D eigenvalue weighted by Gasteiger charge is 2.30. The lowest BCUT2D eigenvalue weighted by atomic mass is 9.89. The van der Waals surface area contributed by atoms with Gasteiger partial charge in [-0.25, -0.2) is 4.39 Å². The highest BCUT2D eigenvalue weighted by Crippen LogP contribution is 2.46. The molecule has 3 aromatic rings. The van der Waals surface area contributed by atoms with Crippen LogP contribution in [0.4, 0.5) is 10.1 Å². The number of nitrogens with one attached hydrogen (secondary N) is 1. The molecule has 4 rings (SSSR count). The number of anilines is 1. The van der Waals surface area contributed by atoms with Gasteiger partial charge >= 0.3 is 0 Å². The lowest BCUT2D eigenvalue weighted by Crippen LogP contribution is -2.22. The highest BCUT2D eigenvalue weighted by atomic mass is 32.1. The number of hydrogen-bond donors (Lipinski definition) is 1. The van der Waals surface area contributed by atoms with Gasteiger partial charge in [-0.15, -0.1) is 11.3 Å². The maximum Gasteiger partial charge on any atom is 0.225 e. The number of halogens is 1. The summed E-state index contributed by atoms with van der Waals surface area (Å²) in [5, 5.41) is 4.99. The molecule has 2 aromatic carbocycles. The molecule has 3 nitrogen and oxygen atoms in total. The number of amides is 1. The first-order valence-electron chi connectivity index (χ1n) is 9.41. The van der Waals surface area contributed by atoms with Gasteiger partial charge in [0.1, 0.15) is 11.6 Å². The molecule has 0 saturated carbocycles. The molecule has 1 aliphatic rings. The summed E-state index contributed by atoms with van der Waals surface area (Å²) in [6.45, 7) is 4.91. The fourth-order valence-electron chi connectivity index (χ4n) is 3.42. The van der Waals surface area contributed by atoms with Gasteiger partial charge in [0.05, 0.1) is 12.3 Å². The van der Waals surface area contributed by atoms with Crippen molar-refractivity contribution in [3.05, 3.63) is 70.2 Å². The van der Waals surface area contributed by atoms with Crippen LogP contribution in [0.15, 0.2) is 53.9 Å². The maximum atomic E-state index is 13.7. The van der Waals surface area contributed by atoms with Gasteiger partial charge in [0, 0.05) is 28.2 Å². The van der Waals surface area contributed by atoms with E-state index in [1.54, 1.807) is 17.4 Å². The molecule has 28 heavy (non-hydrogen) atoms. The van der Waals surface area contributed by atoms with Crippen LogP contribution in [-0.2, 0) is 4.79 Å². The molecular weight excluding hydrogens is 373 g/mol. The predicted octanol–water partition coefficient (Wildman–Crippen LogP) is 6.06. The summed E-state index contributed by atoms with van der Waals surface area (Å²) in [4.78, 5) is 13.5. The molecule has 0 radical (unpaired) electrons. The highest BCUT2D eigenvalue weighted by molar-refractivity contribution is 7.11. The number of hydrogen-bond acceptors (Lipinski definition) is 3. The molecule has 0 unspecified atom stereocenters. The molecule has 1 N–H and O–H groups in total. The van der Waals surface area contributed by atoms with Gasteiger partial charge < -0.3 is 10.1 Å². The summed E-state index contributed by atoms with van der Waals surface area (Å²) < 4.78 is 19.4. The Morgan fingerprint density at radius 1 is 1.21 bits per heavy atom. The monoisotopic (exact) mass is 395 g/mol. The summed E-state index contributed by atoms with van der Waals surface area (Å²) in [6.07, 6.45) is 0.405. The smallest absolute Gasteiger partial charge is 0.225 e. The number of carbonyl (C=O) groups is 1. The van der Waals surface area contributed by atoms with Gasteiger partial charge in [-0.2, -0.15) is 0 Å². The fourth-order valence-corrected chi connectivity index (χ4v) is 4.58. The number of thiophene rings is 1. The quantitative estimate of drug-likeness (QED) is 0.570. The van der Waals surface area contributed by atoms with E-state index >= 15 is 0 Å².